The molecule has 6 nitrogen and oxygen atoms in total. The molecule has 2 rings (SSSR count). The molecule has 1 saturated carbocycles. The first-order valence-corrected chi connectivity index (χ1v) is 14.2. The van der Waals surface area contributed by atoms with Crippen LogP contribution in [-0.4, -0.2) is 53.4 Å². The van der Waals surface area contributed by atoms with E-state index in [1.165, 1.54) is 12.1 Å². The summed E-state index contributed by atoms with van der Waals surface area (Å²) in [5.74, 6) is -1.18. The SMILES string of the molecule is CS(=O)(=O)C(CCc1ccc(C(F)(F)F)cc1)CCC1C(O)CC(O)C1CCCCCCC(=O)O. The van der Waals surface area contributed by atoms with Crippen molar-refractivity contribution in [1.82, 2.24) is 0 Å². The van der Waals surface area contributed by atoms with Crippen LogP contribution in [0.3, 0.4) is 0 Å². The topological polar surface area (TPSA) is 112 Å². The number of sulfone groups is 1. The van der Waals surface area contributed by atoms with E-state index in [0.717, 1.165) is 37.7 Å². The van der Waals surface area contributed by atoms with Crippen LogP contribution in [0.4, 0.5) is 13.2 Å². The maximum Gasteiger partial charge on any atom is 0.416 e. The number of benzene rings is 1. The van der Waals surface area contributed by atoms with Crippen LogP contribution in [0, 0.1) is 11.8 Å². The second kappa shape index (κ2) is 13.1. The summed E-state index contributed by atoms with van der Waals surface area (Å²) in [4.78, 5) is 10.6. The van der Waals surface area contributed by atoms with Gasteiger partial charge in [-0.3, -0.25) is 4.79 Å². The van der Waals surface area contributed by atoms with E-state index in [2.05, 4.69) is 0 Å². The van der Waals surface area contributed by atoms with Gasteiger partial charge in [-0.2, -0.15) is 13.2 Å². The first-order chi connectivity index (χ1) is 16.3. The lowest BCUT2D eigenvalue weighted by atomic mass is 9.84. The third kappa shape index (κ3) is 9.73. The molecule has 0 radical (unpaired) electrons. The van der Waals surface area contributed by atoms with Crippen LogP contribution in [0.25, 0.3) is 0 Å². The molecule has 1 aliphatic carbocycles. The third-order valence-corrected chi connectivity index (χ3v) is 8.85. The maximum atomic E-state index is 12.8. The number of aliphatic carboxylic acids is 1. The van der Waals surface area contributed by atoms with Crippen molar-refractivity contribution in [2.24, 2.45) is 11.8 Å². The van der Waals surface area contributed by atoms with Crippen LogP contribution in [0.1, 0.15) is 75.3 Å². The van der Waals surface area contributed by atoms with E-state index in [9.17, 15) is 36.6 Å². The van der Waals surface area contributed by atoms with Gasteiger partial charge < -0.3 is 15.3 Å². The summed E-state index contributed by atoms with van der Waals surface area (Å²) in [6.07, 6.45) is 0.786. The standard InChI is InChI=1S/C25H37F3O6S/c1-35(33,34)19(13-10-17-8-11-18(12-9-17)25(26,27)28)14-15-21-20(22(29)16-23(21)30)6-4-2-3-5-7-24(31)32/h8-9,11-12,19-23,29-30H,2-7,10,13-16H2,1H3,(H,31,32). The Labute approximate surface area is 205 Å². The number of aryl methyl sites for hydroxylation is 1. The lowest BCUT2D eigenvalue weighted by Gasteiger charge is -2.25. The van der Waals surface area contributed by atoms with Gasteiger partial charge in [-0.05, 0) is 74.5 Å². The molecular formula is C25H37F3O6S. The van der Waals surface area contributed by atoms with Gasteiger partial charge in [0.15, 0.2) is 0 Å². The molecule has 5 unspecified atom stereocenters. The van der Waals surface area contributed by atoms with Gasteiger partial charge in [0.1, 0.15) is 9.84 Å². The van der Waals surface area contributed by atoms with Crippen molar-refractivity contribution in [3.8, 4) is 0 Å². The monoisotopic (exact) mass is 522 g/mol. The largest absolute Gasteiger partial charge is 0.481 e. The number of aliphatic hydroxyl groups is 2. The number of carboxylic acids is 1. The third-order valence-electron chi connectivity index (χ3n) is 7.16. The van der Waals surface area contributed by atoms with E-state index in [-0.39, 0.29) is 31.1 Å². The number of aliphatic hydroxyl groups excluding tert-OH is 2. The number of carbonyl (C=O) groups is 1. The van der Waals surface area contributed by atoms with Gasteiger partial charge in [-0.1, -0.05) is 31.4 Å². The van der Waals surface area contributed by atoms with Gasteiger partial charge in [0.2, 0.25) is 0 Å². The fraction of sp³-hybridized carbons (Fsp3) is 0.720. The second-order valence-corrected chi connectivity index (χ2v) is 12.1. The normalized spacial score (nSPS) is 23.9. The molecule has 0 aliphatic heterocycles. The van der Waals surface area contributed by atoms with Gasteiger partial charge in [0, 0.05) is 12.7 Å². The zero-order valence-corrected chi connectivity index (χ0v) is 20.9. The Kier molecular flexibility index (Phi) is 11.0. The molecule has 0 amide bonds. The summed E-state index contributed by atoms with van der Waals surface area (Å²) >= 11 is 0. The van der Waals surface area contributed by atoms with Crippen molar-refractivity contribution in [3.05, 3.63) is 35.4 Å². The van der Waals surface area contributed by atoms with Gasteiger partial charge in [-0.25, -0.2) is 8.42 Å². The molecule has 35 heavy (non-hydrogen) atoms. The molecule has 1 aliphatic rings. The zero-order valence-electron chi connectivity index (χ0n) is 20.1. The molecule has 0 heterocycles. The predicted octanol–water partition coefficient (Wildman–Crippen LogP) is 4.61. The smallest absolute Gasteiger partial charge is 0.416 e. The van der Waals surface area contributed by atoms with Crippen molar-refractivity contribution in [2.75, 3.05) is 6.26 Å². The van der Waals surface area contributed by atoms with Crippen LogP contribution < -0.4 is 0 Å². The molecule has 3 N–H and O–H groups in total. The van der Waals surface area contributed by atoms with E-state index in [1.54, 1.807) is 0 Å². The fourth-order valence-corrected chi connectivity index (χ4v) is 6.24. The van der Waals surface area contributed by atoms with Crippen LogP contribution in [0.2, 0.25) is 0 Å². The van der Waals surface area contributed by atoms with E-state index in [4.69, 9.17) is 5.11 Å². The van der Waals surface area contributed by atoms with E-state index >= 15 is 0 Å². The number of carboxylic acid groups (broad SMARTS) is 1. The molecule has 0 bridgehead atoms. The molecule has 1 fully saturated rings. The van der Waals surface area contributed by atoms with Crippen molar-refractivity contribution in [1.29, 1.82) is 0 Å². The highest BCUT2D eigenvalue weighted by Crippen LogP contribution is 2.40. The highest BCUT2D eigenvalue weighted by molar-refractivity contribution is 7.91. The zero-order chi connectivity index (χ0) is 26.2. The highest BCUT2D eigenvalue weighted by atomic mass is 32.2. The fourth-order valence-electron chi connectivity index (χ4n) is 5.13. The summed E-state index contributed by atoms with van der Waals surface area (Å²) in [5.41, 5.74) is -0.119. The average molecular weight is 523 g/mol. The second-order valence-electron chi connectivity index (χ2n) is 9.81. The number of halogens is 3. The Morgan fingerprint density at radius 2 is 1.54 bits per heavy atom. The lowest BCUT2D eigenvalue weighted by Crippen LogP contribution is -2.27. The van der Waals surface area contributed by atoms with E-state index in [1.807, 2.05) is 0 Å². The maximum absolute atomic E-state index is 12.8. The minimum Gasteiger partial charge on any atom is -0.481 e. The Bertz CT molecular complexity index is 901. The Morgan fingerprint density at radius 1 is 0.971 bits per heavy atom. The summed E-state index contributed by atoms with van der Waals surface area (Å²) in [6, 6.07) is 4.72. The molecule has 0 saturated heterocycles. The summed E-state index contributed by atoms with van der Waals surface area (Å²) in [6.45, 7) is 0. The molecule has 1 aromatic rings. The number of hydrogen-bond acceptors (Lipinski definition) is 5. The van der Waals surface area contributed by atoms with Gasteiger partial charge in [-0.15, -0.1) is 0 Å². The molecule has 0 spiro atoms. The van der Waals surface area contributed by atoms with Crippen LogP contribution in [0.5, 0.6) is 0 Å². The van der Waals surface area contributed by atoms with Crippen molar-refractivity contribution >= 4 is 15.8 Å². The molecule has 200 valence electrons. The van der Waals surface area contributed by atoms with Crippen LogP contribution in [0.15, 0.2) is 24.3 Å². The van der Waals surface area contributed by atoms with Crippen molar-refractivity contribution < 1.29 is 41.7 Å². The quantitative estimate of drug-likeness (QED) is 0.308. The van der Waals surface area contributed by atoms with Gasteiger partial charge in [0.25, 0.3) is 0 Å². The van der Waals surface area contributed by atoms with Crippen molar-refractivity contribution in [2.45, 2.75) is 94.3 Å². The van der Waals surface area contributed by atoms with E-state index in [0.29, 0.717) is 37.7 Å². The molecular weight excluding hydrogens is 485 g/mol. The highest BCUT2D eigenvalue weighted by Gasteiger charge is 2.41. The van der Waals surface area contributed by atoms with E-state index < -0.39 is 45.0 Å². The number of hydrogen-bond donors (Lipinski definition) is 3. The molecule has 1 aromatic carbocycles. The Hall–Kier alpha value is -1.65. The van der Waals surface area contributed by atoms with Gasteiger partial charge >= 0.3 is 12.1 Å². The number of rotatable bonds is 14. The lowest BCUT2D eigenvalue weighted by molar-refractivity contribution is -0.138. The minimum absolute atomic E-state index is 0.132. The predicted molar refractivity (Wildman–Crippen MR) is 127 cm³/mol. The summed E-state index contributed by atoms with van der Waals surface area (Å²) in [7, 11) is -3.41. The first-order valence-electron chi connectivity index (χ1n) is 12.2. The number of unbranched alkanes of at least 4 members (excludes halogenated alkanes) is 3. The average Bonchev–Trinajstić information content (AvgIpc) is 3.01. The molecule has 10 heteroatoms. The Balaban J connectivity index is 1.91. The minimum atomic E-state index is -4.42. The van der Waals surface area contributed by atoms with Crippen LogP contribution >= 0.6 is 0 Å². The Morgan fingerprint density at radius 3 is 2.09 bits per heavy atom. The number of alkyl halides is 3. The first kappa shape index (κ1) is 29.6. The molecule has 5 atom stereocenters. The summed E-state index contributed by atoms with van der Waals surface area (Å²) in [5, 5.41) is 28.9. The van der Waals surface area contributed by atoms with Gasteiger partial charge in [0.05, 0.1) is 23.0 Å². The summed E-state index contributed by atoms with van der Waals surface area (Å²) < 4.78 is 63.0. The molecule has 0 aromatic heterocycles. The van der Waals surface area contributed by atoms with Crippen LogP contribution in [-0.2, 0) is 27.2 Å². The van der Waals surface area contributed by atoms with Crippen molar-refractivity contribution in [3.63, 3.8) is 0 Å².